The summed E-state index contributed by atoms with van der Waals surface area (Å²) in [6, 6.07) is -0.0839. The van der Waals surface area contributed by atoms with Gasteiger partial charge in [0.1, 0.15) is 0 Å². The fraction of sp³-hybridized carbons (Fsp3) is 0.800. The number of carboxylic acids is 1. The number of nitrogens with zero attached hydrogens (tertiary/aromatic N) is 3. The average molecular weight is 229 g/mol. The minimum atomic E-state index is -0.839. The van der Waals surface area contributed by atoms with Crippen molar-refractivity contribution in [1.82, 2.24) is 14.7 Å². The van der Waals surface area contributed by atoms with E-state index in [0.717, 1.165) is 6.54 Å². The summed E-state index contributed by atoms with van der Waals surface area (Å²) in [6.45, 7) is 1.92. The number of hydrogen-bond donors (Lipinski definition) is 1. The Kier molecular flexibility index (Phi) is 4.12. The molecule has 92 valence electrons. The predicted octanol–water partition coefficient (Wildman–Crippen LogP) is -0.384. The first-order chi connectivity index (χ1) is 7.41. The van der Waals surface area contributed by atoms with Gasteiger partial charge in [0, 0.05) is 33.2 Å². The lowest BCUT2D eigenvalue weighted by molar-refractivity contribution is -0.143. The van der Waals surface area contributed by atoms with Crippen molar-refractivity contribution in [1.29, 1.82) is 0 Å². The van der Waals surface area contributed by atoms with Gasteiger partial charge in [0.05, 0.1) is 5.92 Å². The van der Waals surface area contributed by atoms with Gasteiger partial charge in [-0.05, 0) is 14.1 Å². The van der Waals surface area contributed by atoms with E-state index in [9.17, 15) is 9.59 Å². The highest BCUT2D eigenvalue weighted by Crippen LogP contribution is 2.13. The van der Waals surface area contributed by atoms with Crippen LogP contribution in [0.2, 0.25) is 0 Å². The van der Waals surface area contributed by atoms with E-state index >= 15 is 0 Å². The maximum atomic E-state index is 11.7. The molecule has 1 aliphatic rings. The molecule has 1 aliphatic heterocycles. The number of aliphatic carboxylic acids is 1. The topological polar surface area (TPSA) is 64.1 Å². The van der Waals surface area contributed by atoms with Crippen molar-refractivity contribution in [3.8, 4) is 0 Å². The van der Waals surface area contributed by atoms with E-state index in [4.69, 9.17) is 5.11 Å². The summed E-state index contributed by atoms with van der Waals surface area (Å²) in [5, 5.41) is 8.96. The van der Waals surface area contributed by atoms with Crippen LogP contribution >= 0.6 is 0 Å². The van der Waals surface area contributed by atoms with Crippen LogP contribution in [-0.4, -0.2) is 79.1 Å². The third kappa shape index (κ3) is 3.10. The zero-order valence-corrected chi connectivity index (χ0v) is 10.0. The molecule has 1 saturated heterocycles. The minimum absolute atomic E-state index is 0.0839. The average Bonchev–Trinajstić information content (AvgIpc) is 2.19. The SMILES string of the molecule is CN(C)CCN1CC(C(=O)O)CN(C)C1=O. The number of rotatable bonds is 4. The van der Waals surface area contributed by atoms with Gasteiger partial charge in [-0.25, -0.2) is 4.79 Å². The Balaban J connectivity index is 2.59. The van der Waals surface area contributed by atoms with Gasteiger partial charge in [0.25, 0.3) is 0 Å². The molecule has 2 amide bonds. The van der Waals surface area contributed by atoms with E-state index < -0.39 is 11.9 Å². The molecule has 0 bridgehead atoms. The Labute approximate surface area is 95.4 Å². The van der Waals surface area contributed by atoms with Gasteiger partial charge in [0.15, 0.2) is 0 Å². The van der Waals surface area contributed by atoms with Gasteiger partial charge in [-0.2, -0.15) is 0 Å². The van der Waals surface area contributed by atoms with Crippen LogP contribution < -0.4 is 0 Å². The molecule has 1 atom stereocenters. The third-order valence-corrected chi connectivity index (χ3v) is 2.70. The Hall–Kier alpha value is -1.30. The summed E-state index contributed by atoms with van der Waals surface area (Å²) < 4.78 is 0. The highest BCUT2D eigenvalue weighted by atomic mass is 16.4. The van der Waals surface area contributed by atoms with Crippen molar-refractivity contribution in [2.24, 2.45) is 5.92 Å². The van der Waals surface area contributed by atoms with Crippen molar-refractivity contribution in [3.63, 3.8) is 0 Å². The van der Waals surface area contributed by atoms with Crippen molar-refractivity contribution in [3.05, 3.63) is 0 Å². The number of amides is 2. The van der Waals surface area contributed by atoms with E-state index in [-0.39, 0.29) is 6.03 Å². The van der Waals surface area contributed by atoms with Gasteiger partial charge in [-0.1, -0.05) is 0 Å². The second-order valence-corrected chi connectivity index (χ2v) is 4.45. The van der Waals surface area contributed by atoms with Crippen LogP contribution in [0.5, 0.6) is 0 Å². The molecule has 1 N–H and O–H groups in total. The van der Waals surface area contributed by atoms with Crippen molar-refractivity contribution < 1.29 is 14.7 Å². The first kappa shape index (κ1) is 12.8. The second kappa shape index (κ2) is 5.16. The Morgan fingerprint density at radius 3 is 2.62 bits per heavy atom. The van der Waals surface area contributed by atoms with Gasteiger partial charge >= 0.3 is 12.0 Å². The smallest absolute Gasteiger partial charge is 0.319 e. The van der Waals surface area contributed by atoms with Crippen LogP contribution in [-0.2, 0) is 4.79 Å². The molecule has 0 spiro atoms. The third-order valence-electron chi connectivity index (χ3n) is 2.70. The number of urea groups is 1. The summed E-state index contributed by atoms with van der Waals surface area (Å²) in [7, 11) is 5.49. The Morgan fingerprint density at radius 2 is 2.12 bits per heavy atom. The molecular formula is C10H19N3O3. The Morgan fingerprint density at radius 1 is 1.50 bits per heavy atom. The first-order valence-electron chi connectivity index (χ1n) is 5.29. The van der Waals surface area contributed by atoms with Gasteiger partial charge in [0.2, 0.25) is 0 Å². The van der Waals surface area contributed by atoms with Crippen LogP contribution in [0.3, 0.4) is 0 Å². The molecule has 0 aromatic rings. The maximum absolute atomic E-state index is 11.7. The van der Waals surface area contributed by atoms with Gasteiger partial charge in [-0.3, -0.25) is 4.79 Å². The van der Waals surface area contributed by atoms with Crippen molar-refractivity contribution in [2.45, 2.75) is 0 Å². The molecule has 1 fully saturated rings. The Bertz CT molecular complexity index is 280. The van der Waals surface area contributed by atoms with Crippen LogP contribution in [0.25, 0.3) is 0 Å². The lowest BCUT2D eigenvalue weighted by Gasteiger charge is -2.37. The van der Waals surface area contributed by atoms with Crippen LogP contribution in [0, 0.1) is 5.92 Å². The highest BCUT2D eigenvalue weighted by molar-refractivity contribution is 5.79. The van der Waals surface area contributed by atoms with Crippen molar-refractivity contribution in [2.75, 3.05) is 47.3 Å². The molecule has 0 radical (unpaired) electrons. The summed E-state index contributed by atoms with van der Waals surface area (Å²) in [4.78, 5) is 27.7. The molecule has 0 aromatic carbocycles. The molecule has 1 unspecified atom stereocenters. The van der Waals surface area contributed by atoms with E-state index in [1.165, 1.54) is 4.90 Å². The van der Waals surface area contributed by atoms with Crippen molar-refractivity contribution >= 4 is 12.0 Å². The monoisotopic (exact) mass is 229 g/mol. The molecule has 0 aliphatic carbocycles. The molecule has 0 saturated carbocycles. The van der Waals surface area contributed by atoms with Crippen LogP contribution in [0.15, 0.2) is 0 Å². The molecule has 6 heteroatoms. The normalized spacial score (nSPS) is 21.8. The fourth-order valence-corrected chi connectivity index (χ4v) is 1.72. The van der Waals surface area contributed by atoms with Gasteiger partial charge in [-0.15, -0.1) is 0 Å². The summed E-state index contributed by atoms with van der Waals surface area (Å²) in [6.07, 6.45) is 0. The lowest BCUT2D eigenvalue weighted by atomic mass is 10.1. The van der Waals surface area contributed by atoms with E-state index in [1.54, 1.807) is 11.9 Å². The summed E-state index contributed by atoms with van der Waals surface area (Å²) in [5.41, 5.74) is 0. The van der Waals surface area contributed by atoms with E-state index in [1.807, 2.05) is 19.0 Å². The van der Waals surface area contributed by atoms with E-state index in [2.05, 4.69) is 0 Å². The zero-order chi connectivity index (χ0) is 12.3. The van der Waals surface area contributed by atoms with Gasteiger partial charge < -0.3 is 19.8 Å². The number of carboxylic acid groups (broad SMARTS) is 1. The largest absolute Gasteiger partial charge is 0.481 e. The quantitative estimate of drug-likeness (QED) is 0.713. The number of carbonyl (C=O) groups is 2. The minimum Gasteiger partial charge on any atom is -0.481 e. The number of likely N-dealkylation sites (N-methyl/N-ethyl adjacent to an activating group) is 1. The van der Waals surface area contributed by atoms with Crippen LogP contribution in [0.4, 0.5) is 4.79 Å². The second-order valence-electron chi connectivity index (χ2n) is 4.45. The first-order valence-corrected chi connectivity index (χ1v) is 5.29. The molecule has 1 heterocycles. The summed E-state index contributed by atoms with van der Waals surface area (Å²) in [5.74, 6) is -1.32. The predicted molar refractivity (Wildman–Crippen MR) is 59.3 cm³/mol. The maximum Gasteiger partial charge on any atom is 0.319 e. The molecule has 1 rings (SSSR count). The number of carbonyl (C=O) groups excluding carboxylic acids is 1. The molecule has 0 aromatic heterocycles. The zero-order valence-electron chi connectivity index (χ0n) is 10.0. The number of hydrogen-bond acceptors (Lipinski definition) is 3. The van der Waals surface area contributed by atoms with Crippen LogP contribution in [0.1, 0.15) is 0 Å². The fourth-order valence-electron chi connectivity index (χ4n) is 1.72. The molecule has 16 heavy (non-hydrogen) atoms. The standard InChI is InChI=1S/C10H19N3O3/c1-11(2)4-5-13-7-8(9(14)15)6-12(3)10(13)16/h8H,4-7H2,1-3H3,(H,14,15). The highest BCUT2D eigenvalue weighted by Gasteiger charge is 2.33. The van der Waals surface area contributed by atoms with E-state index in [0.29, 0.717) is 19.6 Å². The molecule has 6 nitrogen and oxygen atoms in total. The summed E-state index contributed by atoms with van der Waals surface area (Å²) >= 11 is 0. The molecular weight excluding hydrogens is 210 g/mol. The lowest BCUT2D eigenvalue weighted by Crippen LogP contribution is -2.54.